The van der Waals surface area contributed by atoms with Crippen molar-refractivity contribution in [1.29, 1.82) is 0 Å². The van der Waals surface area contributed by atoms with Gasteiger partial charge in [0.05, 0.1) is 16.8 Å². The highest BCUT2D eigenvalue weighted by Gasteiger charge is 2.17. The molecular weight excluding hydrogens is 314 g/mol. The number of benzene rings is 1. The number of fused-ring (bicyclic) bond motifs is 2. The first-order valence-electron chi connectivity index (χ1n) is 7.46. The Hall–Kier alpha value is -3.03. The Morgan fingerprint density at radius 1 is 1.25 bits per heavy atom. The van der Waals surface area contributed by atoms with Crippen LogP contribution >= 0.6 is 0 Å². The summed E-state index contributed by atoms with van der Waals surface area (Å²) in [5.74, 6) is 0.323. The molecule has 2 amide bonds. The van der Waals surface area contributed by atoms with E-state index in [9.17, 15) is 9.59 Å². The average Bonchev–Trinajstić information content (AvgIpc) is 2.98. The molecule has 0 saturated carbocycles. The highest BCUT2D eigenvalue weighted by atomic mass is 16.7. The molecule has 3 rings (SSSR count). The van der Waals surface area contributed by atoms with Crippen LogP contribution in [0.1, 0.15) is 29.9 Å². The Kier molecular flexibility index (Phi) is 5.41. The molecule has 8 nitrogen and oxygen atoms in total. The van der Waals surface area contributed by atoms with Gasteiger partial charge in [-0.1, -0.05) is 6.92 Å². The minimum Gasteiger partial charge on any atom is -0.478 e. The van der Waals surface area contributed by atoms with E-state index >= 15 is 0 Å². The third-order valence-corrected chi connectivity index (χ3v) is 3.30. The molecule has 1 aromatic carbocycles. The first-order chi connectivity index (χ1) is 11.5. The Balaban J connectivity index is 0.000000301. The molecule has 0 fully saturated rings. The van der Waals surface area contributed by atoms with Gasteiger partial charge in [-0.3, -0.25) is 4.98 Å². The number of primary amides is 1. The molecule has 0 unspecified atom stereocenters. The number of hydrogen-bond donors (Lipinski definition) is 3. The van der Waals surface area contributed by atoms with Crippen molar-refractivity contribution in [2.45, 2.75) is 20.3 Å². The van der Waals surface area contributed by atoms with E-state index in [0.717, 1.165) is 10.9 Å². The van der Waals surface area contributed by atoms with Gasteiger partial charge in [0.2, 0.25) is 6.79 Å². The number of pyridine rings is 1. The van der Waals surface area contributed by atoms with Gasteiger partial charge in [0.15, 0.2) is 11.5 Å². The summed E-state index contributed by atoms with van der Waals surface area (Å²) in [6.07, 6.45) is 0.575. The molecule has 128 valence electrons. The number of carboxylic acids is 1. The Morgan fingerprint density at radius 3 is 2.42 bits per heavy atom. The molecule has 0 bridgehead atoms. The van der Waals surface area contributed by atoms with Crippen molar-refractivity contribution < 1.29 is 24.2 Å². The van der Waals surface area contributed by atoms with E-state index in [-0.39, 0.29) is 12.4 Å². The number of rotatable bonds is 3. The van der Waals surface area contributed by atoms with Gasteiger partial charge in [-0.05, 0) is 25.5 Å². The van der Waals surface area contributed by atoms with E-state index < -0.39 is 12.0 Å². The van der Waals surface area contributed by atoms with Gasteiger partial charge in [-0.2, -0.15) is 0 Å². The number of aryl methyl sites for hydroxylation is 1. The summed E-state index contributed by atoms with van der Waals surface area (Å²) >= 11 is 0. The number of nitrogens with two attached hydrogens (primary N) is 1. The molecule has 24 heavy (non-hydrogen) atoms. The van der Waals surface area contributed by atoms with Crippen LogP contribution in [0, 0.1) is 0 Å². The molecule has 4 N–H and O–H groups in total. The standard InChI is InChI=1S/C13H11NO4.C3H8N2O/c1-2-9-8(13(15)16)3-7-4-11-12(18-6-17-11)5-10(7)14-9;1-2-5-3(4)6/h3-5H,2,6H2,1H3,(H,15,16);2H2,1H3,(H3,4,5,6). The largest absolute Gasteiger partial charge is 0.478 e. The molecule has 2 aromatic rings. The van der Waals surface area contributed by atoms with Crippen LogP contribution in [-0.2, 0) is 6.42 Å². The summed E-state index contributed by atoms with van der Waals surface area (Å²) in [5.41, 5.74) is 6.19. The zero-order valence-electron chi connectivity index (χ0n) is 13.5. The smallest absolute Gasteiger partial charge is 0.337 e. The molecule has 8 heteroatoms. The van der Waals surface area contributed by atoms with Crippen molar-refractivity contribution in [2.75, 3.05) is 13.3 Å². The lowest BCUT2D eigenvalue weighted by Gasteiger charge is -2.06. The van der Waals surface area contributed by atoms with Crippen molar-refractivity contribution in [3.05, 3.63) is 29.5 Å². The Morgan fingerprint density at radius 2 is 1.92 bits per heavy atom. The molecule has 1 aliphatic heterocycles. The maximum absolute atomic E-state index is 11.2. The van der Waals surface area contributed by atoms with Crippen molar-refractivity contribution in [2.24, 2.45) is 5.73 Å². The maximum atomic E-state index is 11.2. The number of amides is 2. The highest BCUT2D eigenvalue weighted by Crippen LogP contribution is 2.36. The lowest BCUT2D eigenvalue weighted by atomic mass is 10.1. The summed E-state index contributed by atoms with van der Waals surface area (Å²) in [5, 5.41) is 12.2. The van der Waals surface area contributed by atoms with Crippen LogP contribution in [0.3, 0.4) is 0 Å². The molecule has 1 aromatic heterocycles. The summed E-state index contributed by atoms with van der Waals surface area (Å²) in [4.78, 5) is 25.2. The normalized spacial score (nSPS) is 11.6. The Labute approximate surface area is 138 Å². The monoisotopic (exact) mass is 333 g/mol. The second-order valence-electron chi connectivity index (χ2n) is 4.93. The predicted octanol–water partition coefficient (Wildman–Crippen LogP) is 1.90. The molecular formula is C16H19N3O5. The summed E-state index contributed by atoms with van der Waals surface area (Å²) in [6, 6.07) is 4.71. The minimum absolute atomic E-state index is 0.193. The van der Waals surface area contributed by atoms with Crippen LogP contribution in [0.2, 0.25) is 0 Å². The van der Waals surface area contributed by atoms with Gasteiger partial charge in [0, 0.05) is 18.0 Å². The van der Waals surface area contributed by atoms with Crippen LogP contribution < -0.4 is 20.5 Å². The number of nitrogens with one attached hydrogen (secondary N) is 1. The van der Waals surface area contributed by atoms with Gasteiger partial charge in [0.1, 0.15) is 0 Å². The molecule has 1 aliphatic rings. The third-order valence-electron chi connectivity index (χ3n) is 3.30. The summed E-state index contributed by atoms with van der Waals surface area (Å²) in [6.45, 7) is 4.49. The van der Waals surface area contributed by atoms with Crippen LogP contribution in [0.4, 0.5) is 4.79 Å². The molecule has 2 heterocycles. The van der Waals surface area contributed by atoms with Crippen LogP contribution in [0.5, 0.6) is 11.5 Å². The number of aromatic nitrogens is 1. The van der Waals surface area contributed by atoms with Gasteiger partial charge in [-0.25, -0.2) is 9.59 Å². The number of carbonyl (C=O) groups excluding carboxylic acids is 1. The van der Waals surface area contributed by atoms with Gasteiger partial charge in [0.25, 0.3) is 0 Å². The van der Waals surface area contributed by atoms with Crippen molar-refractivity contribution >= 4 is 22.9 Å². The zero-order valence-corrected chi connectivity index (χ0v) is 13.5. The minimum atomic E-state index is -0.959. The number of hydrogen-bond acceptors (Lipinski definition) is 5. The van der Waals surface area contributed by atoms with E-state index in [1.165, 1.54) is 0 Å². The number of carbonyl (C=O) groups is 2. The van der Waals surface area contributed by atoms with E-state index in [0.29, 0.717) is 30.2 Å². The van der Waals surface area contributed by atoms with Crippen molar-refractivity contribution in [3.8, 4) is 11.5 Å². The van der Waals surface area contributed by atoms with Crippen LogP contribution in [0.15, 0.2) is 18.2 Å². The van der Waals surface area contributed by atoms with Crippen molar-refractivity contribution in [3.63, 3.8) is 0 Å². The summed E-state index contributed by atoms with van der Waals surface area (Å²) in [7, 11) is 0. The van der Waals surface area contributed by atoms with E-state index in [1.54, 1.807) is 18.2 Å². The average molecular weight is 333 g/mol. The lowest BCUT2D eigenvalue weighted by Crippen LogP contribution is -2.28. The van der Waals surface area contributed by atoms with E-state index in [1.807, 2.05) is 13.8 Å². The topological polar surface area (TPSA) is 124 Å². The second kappa shape index (κ2) is 7.49. The van der Waals surface area contributed by atoms with Gasteiger partial charge < -0.3 is 25.6 Å². The molecule has 0 spiro atoms. The van der Waals surface area contributed by atoms with Gasteiger partial charge in [-0.15, -0.1) is 0 Å². The fraction of sp³-hybridized carbons (Fsp3) is 0.312. The lowest BCUT2D eigenvalue weighted by molar-refractivity contribution is 0.0695. The summed E-state index contributed by atoms with van der Waals surface area (Å²) < 4.78 is 10.5. The maximum Gasteiger partial charge on any atom is 0.337 e. The van der Waals surface area contributed by atoms with E-state index in [4.69, 9.17) is 14.6 Å². The second-order valence-corrected chi connectivity index (χ2v) is 4.93. The number of aromatic carboxylic acids is 1. The fourth-order valence-electron chi connectivity index (χ4n) is 2.23. The first-order valence-corrected chi connectivity index (χ1v) is 7.46. The zero-order chi connectivity index (χ0) is 17.7. The number of urea groups is 1. The van der Waals surface area contributed by atoms with Crippen molar-refractivity contribution in [1.82, 2.24) is 10.3 Å². The third kappa shape index (κ3) is 3.83. The molecule has 0 radical (unpaired) electrons. The molecule has 0 saturated heterocycles. The van der Waals surface area contributed by atoms with E-state index in [2.05, 4.69) is 16.0 Å². The van der Waals surface area contributed by atoms with Crippen LogP contribution in [-0.4, -0.2) is 35.4 Å². The Bertz CT molecular complexity index is 776. The van der Waals surface area contributed by atoms with Crippen LogP contribution in [0.25, 0.3) is 10.9 Å². The van der Waals surface area contributed by atoms with Gasteiger partial charge >= 0.3 is 12.0 Å². The number of ether oxygens (including phenoxy) is 2. The SMILES string of the molecule is CCNC(N)=O.CCc1nc2cc3c(cc2cc1C(=O)O)OCO3. The molecule has 0 atom stereocenters. The quantitative estimate of drug-likeness (QED) is 0.788. The fourth-order valence-corrected chi connectivity index (χ4v) is 2.23. The first kappa shape index (κ1) is 17.3. The number of carboxylic acid groups (broad SMARTS) is 1. The predicted molar refractivity (Wildman–Crippen MR) is 87.5 cm³/mol. The number of nitrogens with zero attached hydrogens (tertiary/aromatic N) is 1. The molecule has 0 aliphatic carbocycles. The highest BCUT2D eigenvalue weighted by molar-refractivity contribution is 5.95.